The van der Waals surface area contributed by atoms with Crippen molar-refractivity contribution in [2.24, 2.45) is 0 Å². The van der Waals surface area contributed by atoms with E-state index >= 15 is 0 Å². The Morgan fingerprint density at radius 2 is 2.16 bits per heavy atom. The highest BCUT2D eigenvalue weighted by atomic mass is 19.1. The summed E-state index contributed by atoms with van der Waals surface area (Å²) in [6, 6.07) is 2.51. The van der Waals surface area contributed by atoms with E-state index in [4.69, 9.17) is 5.11 Å². The second-order valence-corrected chi connectivity index (χ2v) is 4.15. The molecule has 2 rings (SSSR count). The second-order valence-electron chi connectivity index (χ2n) is 4.15. The van der Waals surface area contributed by atoms with Gasteiger partial charge in [0.15, 0.2) is 0 Å². The number of hydrogen-bond acceptors (Lipinski definition) is 3. The zero-order valence-electron chi connectivity index (χ0n) is 9.77. The number of hydrogen-bond donors (Lipinski definition) is 3. The Morgan fingerprint density at radius 3 is 2.68 bits per heavy atom. The van der Waals surface area contributed by atoms with Gasteiger partial charge in [0.2, 0.25) is 11.8 Å². The number of carboxylic acids is 1. The Labute approximate surface area is 107 Å². The number of carboxylic acid groups (broad SMARTS) is 1. The Bertz CT molecular complexity index is 559. The van der Waals surface area contributed by atoms with E-state index in [1.807, 2.05) is 0 Å². The average molecular weight is 266 g/mol. The fourth-order valence-electron chi connectivity index (χ4n) is 1.78. The fraction of sp³-hybridized carbons (Fsp3) is 0.250. The summed E-state index contributed by atoms with van der Waals surface area (Å²) in [7, 11) is 0. The molecule has 6 nitrogen and oxygen atoms in total. The number of nitrogens with one attached hydrogen (secondary N) is 2. The van der Waals surface area contributed by atoms with Crippen LogP contribution in [-0.2, 0) is 9.59 Å². The van der Waals surface area contributed by atoms with Crippen LogP contribution in [0.3, 0.4) is 0 Å². The van der Waals surface area contributed by atoms with Crippen LogP contribution in [0.15, 0.2) is 18.2 Å². The lowest BCUT2D eigenvalue weighted by Crippen LogP contribution is -2.37. The van der Waals surface area contributed by atoms with Crippen molar-refractivity contribution in [3.8, 4) is 0 Å². The van der Waals surface area contributed by atoms with Gasteiger partial charge in [0.1, 0.15) is 11.9 Å². The highest BCUT2D eigenvalue weighted by molar-refractivity contribution is 5.99. The molecule has 0 spiro atoms. The van der Waals surface area contributed by atoms with Gasteiger partial charge in [0.25, 0.3) is 0 Å². The predicted octanol–water partition coefficient (Wildman–Crippen LogP) is 0.741. The van der Waals surface area contributed by atoms with Crippen molar-refractivity contribution in [3.63, 3.8) is 0 Å². The Morgan fingerprint density at radius 1 is 1.42 bits per heavy atom. The summed E-state index contributed by atoms with van der Waals surface area (Å²) in [6.07, 6.45) is 0.623. The molecule has 1 unspecified atom stereocenters. The van der Waals surface area contributed by atoms with Crippen molar-refractivity contribution >= 4 is 23.5 Å². The summed E-state index contributed by atoms with van der Waals surface area (Å²) in [4.78, 5) is 33.3. The first-order valence-corrected chi connectivity index (χ1v) is 5.60. The van der Waals surface area contributed by atoms with Gasteiger partial charge in [-0.15, -0.1) is 0 Å². The maximum atomic E-state index is 13.6. The highest BCUT2D eigenvalue weighted by Gasteiger charge is 2.27. The number of carbonyl (C=O) groups is 3. The zero-order valence-corrected chi connectivity index (χ0v) is 9.77. The third-order valence-corrected chi connectivity index (χ3v) is 2.79. The lowest BCUT2D eigenvalue weighted by atomic mass is 10.1. The summed E-state index contributed by atoms with van der Waals surface area (Å²) < 4.78 is 13.6. The molecular weight excluding hydrogens is 255 g/mol. The molecule has 7 heteroatoms. The van der Waals surface area contributed by atoms with Crippen LogP contribution in [0.1, 0.15) is 23.2 Å². The molecule has 1 saturated heterocycles. The number of anilines is 1. The smallest absolute Gasteiger partial charge is 0.335 e. The number of amides is 2. The molecule has 0 aromatic heterocycles. The van der Waals surface area contributed by atoms with Gasteiger partial charge in [0, 0.05) is 6.42 Å². The van der Waals surface area contributed by atoms with Gasteiger partial charge in [-0.1, -0.05) is 0 Å². The first-order valence-electron chi connectivity index (χ1n) is 5.60. The van der Waals surface area contributed by atoms with Crippen molar-refractivity contribution in [3.05, 3.63) is 29.6 Å². The molecule has 19 heavy (non-hydrogen) atoms. The van der Waals surface area contributed by atoms with Gasteiger partial charge in [-0.3, -0.25) is 9.59 Å². The lowest BCUT2D eigenvalue weighted by Gasteiger charge is -2.11. The molecular formula is C12H11FN2O4. The molecule has 1 aromatic rings. The maximum Gasteiger partial charge on any atom is 0.335 e. The van der Waals surface area contributed by atoms with Crippen LogP contribution in [-0.4, -0.2) is 28.9 Å². The first kappa shape index (κ1) is 13.0. The van der Waals surface area contributed by atoms with Gasteiger partial charge in [-0.25, -0.2) is 9.18 Å². The SMILES string of the molecule is O=C1CCC(C(=O)Nc2ccc(C(=O)O)cc2F)N1. The summed E-state index contributed by atoms with van der Waals surface area (Å²) in [5, 5.41) is 13.5. The van der Waals surface area contributed by atoms with Crippen LogP contribution in [0.5, 0.6) is 0 Å². The Hall–Kier alpha value is -2.44. The second kappa shape index (κ2) is 5.05. The van der Waals surface area contributed by atoms with Gasteiger partial charge in [-0.05, 0) is 24.6 Å². The number of carbonyl (C=O) groups excluding carboxylic acids is 2. The molecule has 2 amide bonds. The van der Waals surface area contributed by atoms with Gasteiger partial charge >= 0.3 is 5.97 Å². The molecule has 3 N–H and O–H groups in total. The number of rotatable bonds is 3. The van der Waals surface area contributed by atoms with Crippen molar-refractivity contribution in [2.75, 3.05) is 5.32 Å². The van der Waals surface area contributed by atoms with E-state index in [1.54, 1.807) is 0 Å². The number of benzene rings is 1. The molecule has 1 aliphatic rings. The molecule has 1 atom stereocenters. The molecule has 1 aromatic carbocycles. The van der Waals surface area contributed by atoms with Crippen molar-refractivity contribution in [1.29, 1.82) is 0 Å². The van der Waals surface area contributed by atoms with Gasteiger partial charge in [0.05, 0.1) is 11.3 Å². The normalized spacial score (nSPS) is 17.9. The van der Waals surface area contributed by atoms with E-state index in [2.05, 4.69) is 10.6 Å². The standard InChI is InChI=1S/C12H11FN2O4/c13-7-5-6(12(18)19)1-2-8(7)15-11(17)9-3-4-10(16)14-9/h1-2,5,9H,3-4H2,(H,14,16)(H,15,17)(H,18,19). The summed E-state index contributed by atoms with van der Waals surface area (Å²) in [5.74, 6) is -2.83. The molecule has 0 aliphatic carbocycles. The monoisotopic (exact) mass is 266 g/mol. The Kier molecular flexibility index (Phi) is 3.46. The molecule has 0 saturated carbocycles. The molecule has 0 radical (unpaired) electrons. The van der Waals surface area contributed by atoms with E-state index in [0.717, 1.165) is 6.07 Å². The summed E-state index contributed by atoms with van der Waals surface area (Å²) >= 11 is 0. The Balaban J connectivity index is 2.09. The predicted molar refractivity (Wildman–Crippen MR) is 63.2 cm³/mol. The van der Waals surface area contributed by atoms with E-state index in [9.17, 15) is 18.8 Å². The van der Waals surface area contributed by atoms with Crippen LogP contribution in [0.4, 0.5) is 10.1 Å². The van der Waals surface area contributed by atoms with E-state index in [1.165, 1.54) is 12.1 Å². The van der Waals surface area contributed by atoms with Crippen molar-refractivity contribution in [2.45, 2.75) is 18.9 Å². The third-order valence-electron chi connectivity index (χ3n) is 2.79. The first-order chi connectivity index (χ1) is 8.97. The van der Waals surface area contributed by atoms with Crippen LogP contribution >= 0.6 is 0 Å². The van der Waals surface area contributed by atoms with Crippen molar-refractivity contribution in [1.82, 2.24) is 5.32 Å². The van der Waals surface area contributed by atoms with Crippen LogP contribution in [0, 0.1) is 5.82 Å². The van der Waals surface area contributed by atoms with Crippen LogP contribution < -0.4 is 10.6 Å². The molecule has 1 heterocycles. The average Bonchev–Trinajstić information content (AvgIpc) is 2.78. The van der Waals surface area contributed by atoms with Crippen LogP contribution in [0.25, 0.3) is 0 Å². The van der Waals surface area contributed by atoms with Gasteiger partial charge in [-0.2, -0.15) is 0 Å². The summed E-state index contributed by atoms with van der Waals surface area (Å²) in [5.41, 5.74) is -0.319. The maximum absolute atomic E-state index is 13.6. The van der Waals surface area contributed by atoms with Crippen LogP contribution in [0.2, 0.25) is 0 Å². The highest BCUT2D eigenvalue weighted by Crippen LogP contribution is 2.17. The number of halogens is 1. The lowest BCUT2D eigenvalue weighted by molar-refractivity contribution is -0.122. The minimum atomic E-state index is -1.25. The van der Waals surface area contributed by atoms with E-state index in [-0.39, 0.29) is 23.6 Å². The number of aromatic carboxylic acids is 1. The summed E-state index contributed by atoms with van der Waals surface area (Å²) in [6.45, 7) is 0. The minimum absolute atomic E-state index is 0.115. The van der Waals surface area contributed by atoms with E-state index in [0.29, 0.717) is 6.42 Å². The van der Waals surface area contributed by atoms with Crippen molar-refractivity contribution < 1.29 is 23.9 Å². The topological polar surface area (TPSA) is 95.5 Å². The van der Waals surface area contributed by atoms with Gasteiger partial charge < -0.3 is 15.7 Å². The quantitative estimate of drug-likeness (QED) is 0.752. The molecule has 100 valence electrons. The minimum Gasteiger partial charge on any atom is -0.478 e. The third kappa shape index (κ3) is 2.87. The fourth-order valence-corrected chi connectivity index (χ4v) is 1.78. The largest absolute Gasteiger partial charge is 0.478 e. The molecule has 1 aliphatic heterocycles. The van der Waals surface area contributed by atoms with E-state index < -0.39 is 23.7 Å². The molecule has 1 fully saturated rings. The molecule has 0 bridgehead atoms. The zero-order chi connectivity index (χ0) is 14.0.